The number of H-pyrrole nitrogens is 1. The Labute approximate surface area is 147 Å². The van der Waals surface area contributed by atoms with Gasteiger partial charge in [-0.3, -0.25) is 0 Å². The number of hydrogen-bond acceptors (Lipinski definition) is 3. The van der Waals surface area contributed by atoms with Crippen molar-refractivity contribution in [2.24, 2.45) is 0 Å². The molecule has 2 heterocycles. The third-order valence-corrected chi connectivity index (χ3v) is 5.58. The molecule has 0 aliphatic carbocycles. The number of carbonyl (C=O) groups excluding carboxylic acids is 1. The Balaban J connectivity index is 1.61. The number of nitrogens with zero attached hydrogens (tertiary/aromatic N) is 1. The molecule has 0 spiro atoms. The number of aromatic nitrogens is 1. The van der Waals surface area contributed by atoms with Crippen LogP contribution in [0.4, 0.5) is 4.79 Å². The number of thioether (sulfide) groups is 1. The van der Waals surface area contributed by atoms with Crippen molar-refractivity contribution in [3.05, 3.63) is 30.0 Å². The molecule has 0 bridgehead atoms. The maximum atomic E-state index is 12.4. The van der Waals surface area contributed by atoms with Gasteiger partial charge in [0.25, 0.3) is 0 Å². The molecule has 1 saturated heterocycles. The van der Waals surface area contributed by atoms with E-state index in [4.69, 9.17) is 4.74 Å². The minimum Gasteiger partial charge on any atom is -0.496 e. The largest absolute Gasteiger partial charge is 0.496 e. The van der Waals surface area contributed by atoms with Gasteiger partial charge in [0.2, 0.25) is 0 Å². The lowest BCUT2D eigenvalue weighted by atomic mass is 10.1. The molecule has 3 rings (SSSR count). The number of carbonyl (C=O) groups is 1. The van der Waals surface area contributed by atoms with Crippen LogP contribution in [0.25, 0.3) is 10.9 Å². The van der Waals surface area contributed by atoms with Crippen LogP contribution in [0.15, 0.2) is 24.4 Å². The molecular weight excluding hydrogens is 322 g/mol. The summed E-state index contributed by atoms with van der Waals surface area (Å²) >= 11 is 1.93. The van der Waals surface area contributed by atoms with Crippen molar-refractivity contribution in [3.63, 3.8) is 0 Å². The van der Waals surface area contributed by atoms with Gasteiger partial charge in [0.1, 0.15) is 5.75 Å². The molecule has 5 nitrogen and oxygen atoms in total. The third kappa shape index (κ3) is 3.64. The second kappa shape index (κ2) is 7.83. The number of urea groups is 1. The number of rotatable bonds is 4. The maximum Gasteiger partial charge on any atom is 0.317 e. The molecule has 1 aromatic carbocycles. The topological polar surface area (TPSA) is 57.4 Å². The summed E-state index contributed by atoms with van der Waals surface area (Å²) in [7, 11) is 1.69. The van der Waals surface area contributed by atoms with Gasteiger partial charge in [0.05, 0.1) is 7.11 Å². The molecule has 6 heteroatoms. The molecule has 1 aliphatic rings. The Morgan fingerprint density at radius 2 is 2.33 bits per heavy atom. The van der Waals surface area contributed by atoms with Crippen molar-refractivity contribution in [1.29, 1.82) is 0 Å². The van der Waals surface area contributed by atoms with Gasteiger partial charge in [-0.1, -0.05) is 6.07 Å². The summed E-state index contributed by atoms with van der Waals surface area (Å²) in [4.78, 5) is 17.7. The Hall–Kier alpha value is -1.82. The van der Waals surface area contributed by atoms with Crippen LogP contribution in [0.1, 0.15) is 18.9 Å². The predicted octanol–water partition coefficient (Wildman–Crippen LogP) is 3.26. The van der Waals surface area contributed by atoms with E-state index >= 15 is 0 Å². The lowest BCUT2D eigenvalue weighted by Gasteiger charge is -2.27. The minimum atomic E-state index is 0.0526. The quantitative estimate of drug-likeness (QED) is 0.892. The summed E-state index contributed by atoms with van der Waals surface area (Å²) in [6.45, 7) is 3.59. The Morgan fingerprint density at radius 1 is 1.46 bits per heavy atom. The average Bonchev–Trinajstić information content (AvgIpc) is 2.88. The predicted molar refractivity (Wildman–Crippen MR) is 100 cm³/mol. The van der Waals surface area contributed by atoms with Gasteiger partial charge < -0.3 is 19.9 Å². The highest BCUT2D eigenvalue weighted by molar-refractivity contribution is 7.99. The molecular formula is C18H25N3O2S. The van der Waals surface area contributed by atoms with Crippen LogP contribution in [-0.4, -0.2) is 53.7 Å². The molecule has 24 heavy (non-hydrogen) atoms. The fraction of sp³-hybridized carbons (Fsp3) is 0.500. The van der Waals surface area contributed by atoms with Crippen LogP contribution in [0.2, 0.25) is 0 Å². The molecule has 1 fully saturated rings. The number of aromatic amines is 1. The number of ether oxygens (including phenoxy) is 1. The number of amides is 2. The molecule has 2 N–H and O–H groups in total. The smallest absolute Gasteiger partial charge is 0.317 e. The van der Waals surface area contributed by atoms with Gasteiger partial charge in [-0.2, -0.15) is 11.8 Å². The first-order chi connectivity index (χ1) is 11.7. The fourth-order valence-corrected chi connectivity index (χ4v) is 4.23. The lowest BCUT2D eigenvalue weighted by molar-refractivity contribution is 0.183. The van der Waals surface area contributed by atoms with Crippen molar-refractivity contribution >= 4 is 28.7 Å². The second-order valence-electron chi connectivity index (χ2n) is 6.12. The van der Waals surface area contributed by atoms with E-state index in [0.717, 1.165) is 47.5 Å². The number of methoxy groups -OCH3 is 1. The first kappa shape index (κ1) is 17.0. The van der Waals surface area contributed by atoms with Crippen LogP contribution in [0, 0.1) is 0 Å². The summed E-state index contributed by atoms with van der Waals surface area (Å²) in [5.74, 6) is 3.03. The van der Waals surface area contributed by atoms with Crippen LogP contribution in [0.5, 0.6) is 5.75 Å². The van der Waals surface area contributed by atoms with Crippen molar-refractivity contribution in [2.45, 2.75) is 25.8 Å². The van der Waals surface area contributed by atoms with Crippen molar-refractivity contribution in [3.8, 4) is 5.75 Å². The highest BCUT2D eigenvalue weighted by Crippen LogP contribution is 2.28. The van der Waals surface area contributed by atoms with Crippen molar-refractivity contribution in [1.82, 2.24) is 15.2 Å². The molecule has 0 saturated carbocycles. The zero-order valence-corrected chi connectivity index (χ0v) is 15.1. The Morgan fingerprint density at radius 3 is 3.17 bits per heavy atom. The highest BCUT2D eigenvalue weighted by Gasteiger charge is 2.21. The van der Waals surface area contributed by atoms with Gasteiger partial charge in [-0.05, 0) is 43.2 Å². The minimum absolute atomic E-state index is 0.0526. The number of benzene rings is 1. The maximum absolute atomic E-state index is 12.4. The average molecular weight is 347 g/mol. The van der Waals surface area contributed by atoms with Crippen LogP contribution in [-0.2, 0) is 6.42 Å². The van der Waals surface area contributed by atoms with Crippen molar-refractivity contribution < 1.29 is 9.53 Å². The summed E-state index contributed by atoms with van der Waals surface area (Å²) in [5, 5.41) is 4.18. The fourth-order valence-electron chi connectivity index (χ4n) is 3.19. The number of fused-ring (bicyclic) bond motifs is 1. The monoisotopic (exact) mass is 347 g/mol. The van der Waals surface area contributed by atoms with Crippen LogP contribution >= 0.6 is 11.8 Å². The third-order valence-electron chi connectivity index (χ3n) is 4.59. The first-order valence-electron chi connectivity index (χ1n) is 8.46. The van der Waals surface area contributed by atoms with E-state index in [1.54, 1.807) is 7.11 Å². The van der Waals surface area contributed by atoms with Gasteiger partial charge in [-0.15, -0.1) is 0 Å². The summed E-state index contributed by atoms with van der Waals surface area (Å²) in [6.07, 6.45) is 3.85. The van der Waals surface area contributed by atoms with Crippen molar-refractivity contribution in [2.75, 3.05) is 31.7 Å². The molecule has 0 radical (unpaired) electrons. The van der Waals surface area contributed by atoms with E-state index in [1.165, 1.54) is 5.56 Å². The van der Waals surface area contributed by atoms with Gasteiger partial charge in [0, 0.05) is 42.0 Å². The molecule has 1 atom stereocenters. The summed E-state index contributed by atoms with van der Waals surface area (Å²) in [6, 6.07) is 6.35. The van der Waals surface area contributed by atoms with Gasteiger partial charge in [-0.25, -0.2) is 4.79 Å². The molecule has 1 aliphatic heterocycles. The van der Waals surface area contributed by atoms with E-state index in [1.807, 2.05) is 41.1 Å². The Kier molecular flexibility index (Phi) is 5.56. The first-order valence-corrected chi connectivity index (χ1v) is 9.61. The van der Waals surface area contributed by atoms with Crippen LogP contribution in [0.3, 0.4) is 0 Å². The van der Waals surface area contributed by atoms with E-state index in [0.29, 0.717) is 12.6 Å². The summed E-state index contributed by atoms with van der Waals surface area (Å²) in [5.41, 5.74) is 2.23. The zero-order chi connectivity index (χ0) is 16.9. The van der Waals surface area contributed by atoms with E-state index in [-0.39, 0.29) is 6.03 Å². The highest BCUT2D eigenvalue weighted by atomic mass is 32.2. The molecule has 2 aromatic rings. The standard InChI is InChI=1S/C18H25N3O2S/c1-13-7-10-24-11-9-21(13)18(22)19-8-6-14-12-20-15-4-3-5-16(23-2)17(14)15/h3-5,12-13,20H,6-11H2,1-2H3,(H,19,22). The van der Waals surface area contributed by atoms with E-state index < -0.39 is 0 Å². The normalized spacial score (nSPS) is 18.4. The van der Waals surface area contributed by atoms with E-state index in [2.05, 4.69) is 17.2 Å². The molecule has 130 valence electrons. The molecule has 1 aromatic heterocycles. The SMILES string of the molecule is COc1cccc2[nH]cc(CCNC(=O)N3CCSCCC3C)c12. The Bertz CT molecular complexity index is 701. The van der Waals surface area contributed by atoms with Gasteiger partial charge >= 0.3 is 6.03 Å². The zero-order valence-electron chi connectivity index (χ0n) is 14.3. The molecule has 2 amide bonds. The van der Waals surface area contributed by atoms with Crippen LogP contribution < -0.4 is 10.1 Å². The molecule has 1 unspecified atom stereocenters. The number of nitrogens with one attached hydrogen (secondary N) is 2. The lowest BCUT2D eigenvalue weighted by Crippen LogP contribution is -2.46. The second-order valence-corrected chi connectivity index (χ2v) is 7.35. The number of hydrogen-bond donors (Lipinski definition) is 2. The van der Waals surface area contributed by atoms with Gasteiger partial charge in [0.15, 0.2) is 0 Å². The van der Waals surface area contributed by atoms with E-state index in [9.17, 15) is 4.79 Å². The summed E-state index contributed by atoms with van der Waals surface area (Å²) < 4.78 is 5.46.